The van der Waals surface area contributed by atoms with E-state index in [1.165, 1.54) is 12.1 Å². The lowest BCUT2D eigenvalue weighted by atomic mass is 10.2. The van der Waals surface area contributed by atoms with E-state index in [-0.39, 0.29) is 10.9 Å². The number of rotatable bonds is 4. The Morgan fingerprint density at radius 3 is 2.67 bits per heavy atom. The summed E-state index contributed by atoms with van der Waals surface area (Å²) in [6.45, 7) is 2.73. The van der Waals surface area contributed by atoms with Crippen LogP contribution < -0.4 is 20.1 Å². The average Bonchev–Trinajstić information content (AvgIpc) is 2.57. The first-order valence-electron chi connectivity index (χ1n) is 7.45. The van der Waals surface area contributed by atoms with E-state index in [4.69, 9.17) is 21.1 Å². The fraction of sp³-hybridized carbons (Fsp3) is 0.235. The molecule has 1 atom stereocenters. The molecule has 1 aliphatic heterocycles. The summed E-state index contributed by atoms with van der Waals surface area (Å²) in [6.07, 6.45) is 0. The van der Waals surface area contributed by atoms with Crippen LogP contribution in [0, 0.1) is 5.82 Å². The monoisotopic (exact) mass is 350 g/mol. The number of hydrogen-bond acceptors (Lipinski definition) is 4. The molecule has 24 heavy (non-hydrogen) atoms. The van der Waals surface area contributed by atoms with E-state index < -0.39 is 11.9 Å². The minimum Gasteiger partial charge on any atom is -0.486 e. The van der Waals surface area contributed by atoms with Gasteiger partial charge in [-0.1, -0.05) is 11.6 Å². The van der Waals surface area contributed by atoms with Crippen LogP contribution in [0.2, 0.25) is 5.02 Å². The smallest absolute Gasteiger partial charge is 0.246 e. The number of carbonyl (C=O) groups is 1. The van der Waals surface area contributed by atoms with Gasteiger partial charge in [0, 0.05) is 11.8 Å². The predicted molar refractivity (Wildman–Crippen MR) is 90.6 cm³/mol. The molecule has 0 aromatic heterocycles. The highest BCUT2D eigenvalue weighted by molar-refractivity contribution is 6.33. The van der Waals surface area contributed by atoms with Crippen LogP contribution in [0.15, 0.2) is 36.4 Å². The summed E-state index contributed by atoms with van der Waals surface area (Å²) >= 11 is 5.91. The molecule has 0 fully saturated rings. The molecule has 2 aromatic carbocycles. The maximum atomic E-state index is 13.0. The summed E-state index contributed by atoms with van der Waals surface area (Å²) < 4.78 is 24.0. The highest BCUT2D eigenvalue weighted by Crippen LogP contribution is 2.32. The minimum atomic E-state index is -0.534. The number of ether oxygens (including phenoxy) is 2. The molecule has 0 saturated carbocycles. The second kappa shape index (κ2) is 6.97. The van der Waals surface area contributed by atoms with E-state index in [1.807, 2.05) is 6.07 Å². The summed E-state index contributed by atoms with van der Waals surface area (Å²) in [5.41, 5.74) is 1.09. The van der Waals surface area contributed by atoms with Crippen LogP contribution in [0.1, 0.15) is 6.92 Å². The van der Waals surface area contributed by atoms with Gasteiger partial charge in [0.2, 0.25) is 5.91 Å². The van der Waals surface area contributed by atoms with Crippen molar-refractivity contribution in [2.24, 2.45) is 0 Å². The number of carbonyl (C=O) groups excluding carboxylic acids is 1. The molecule has 5 nitrogen and oxygen atoms in total. The lowest BCUT2D eigenvalue weighted by Crippen LogP contribution is -2.32. The van der Waals surface area contributed by atoms with Gasteiger partial charge in [0.05, 0.1) is 10.7 Å². The third kappa shape index (κ3) is 3.71. The Morgan fingerprint density at radius 2 is 1.92 bits per heavy atom. The van der Waals surface area contributed by atoms with Crippen LogP contribution >= 0.6 is 11.6 Å². The van der Waals surface area contributed by atoms with Crippen molar-refractivity contribution in [3.63, 3.8) is 0 Å². The molecule has 2 N–H and O–H groups in total. The lowest BCUT2D eigenvalue weighted by molar-refractivity contribution is -0.116. The van der Waals surface area contributed by atoms with Crippen molar-refractivity contribution in [2.75, 3.05) is 23.8 Å². The molecule has 0 spiro atoms. The Labute approximate surface area is 143 Å². The van der Waals surface area contributed by atoms with E-state index in [0.29, 0.717) is 30.4 Å². The molecule has 0 aliphatic carbocycles. The van der Waals surface area contributed by atoms with Crippen LogP contribution in [0.25, 0.3) is 0 Å². The zero-order valence-electron chi connectivity index (χ0n) is 12.9. The third-order valence-electron chi connectivity index (χ3n) is 3.51. The highest BCUT2D eigenvalue weighted by Gasteiger charge is 2.17. The first-order chi connectivity index (χ1) is 11.5. The normalized spacial score (nSPS) is 14.0. The minimum absolute atomic E-state index is 0.148. The summed E-state index contributed by atoms with van der Waals surface area (Å²) in [4.78, 5) is 12.3. The molecule has 1 heterocycles. The molecule has 0 bridgehead atoms. The Bertz CT molecular complexity index is 769. The number of halogens is 2. The van der Waals surface area contributed by atoms with Gasteiger partial charge < -0.3 is 20.1 Å². The van der Waals surface area contributed by atoms with Gasteiger partial charge in [0.15, 0.2) is 11.5 Å². The largest absolute Gasteiger partial charge is 0.486 e. The standard InChI is InChI=1S/C17H16ClFN2O3/c1-10(17(22)21-14-4-2-11(19)8-13(14)18)20-12-3-5-15-16(9-12)24-7-6-23-15/h2-5,8-10,20H,6-7H2,1H3,(H,21,22)/t10-/m1/s1. The van der Waals surface area contributed by atoms with Crippen molar-refractivity contribution in [3.05, 3.63) is 47.2 Å². The first-order valence-corrected chi connectivity index (χ1v) is 7.83. The van der Waals surface area contributed by atoms with Crippen LogP contribution in [-0.4, -0.2) is 25.2 Å². The topological polar surface area (TPSA) is 59.6 Å². The molecular weight excluding hydrogens is 335 g/mol. The number of hydrogen-bond donors (Lipinski definition) is 2. The Hall–Kier alpha value is -2.47. The van der Waals surface area contributed by atoms with Gasteiger partial charge >= 0.3 is 0 Å². The van der Waals surface area contributed by atoms with E-state index in [9.17, 15) is 9.18 Å². The Balaban J connectivity index is 1.65. The number of benzene rings is 2. The molecule has 1 amide bonds. The molecule has 0 radical (unpaired) electrons. The SMILES string of the molecule is C[C@@H](Nc1ccc2c(c1)OCCO2)C(=O)Nc1ccc(F)cc1Cl. The Morgan fingerprint density at radius 1 is 1.17 bits per heavy atom. The van der Waals surface area contributed by atoms with E-state index in [0.717, 1.165) is 11.8 Å². The van der Waals surface area contributed by atoms with Crippen molar-refractivity contribution in [1.82, 2.24) is 0 Å². The second-order valence-corrected chi connectivity index (χ2v) is 5.75. The Kier molecular flexibility index (Phi) is 4.76. The maximum Gasteiger partial charge on any atom is 0.246 e. The zero-order chi connectivity index (χ0) is 17.1. The summed E-state index contributed by atoms with van der Waals surface area (Å²) in [5, 5.41) is 5.89. The van der Waals surface area contributed by atoms with Gasteiger partial charge in [0.1, 0.15) is 25.1 Å². The molecule has 126 valence electrons. The van der Waals surface area contributed by atoms with Crippen molar-refractivity contribution in [3.8, 4) is 11.5 Å². The average molecular weight is 351 g/mol. The van der Waals surface area contributed by atoms with Crippen LogP contribution in [0.4, 0.5) is 15.8 Å². The molecule has 3 rings (SSSR count). The van der Waals surface area contributed by atoms with Gasteiger partial charge in [-0.25, -0.2) is 4.39 Å². The maximum absolute atomic E-state index is 13.0. The molecule has 1 aliphatic rings. The van der Waals surface area contributed by atoms with E-state index in [1.54, 1.807) is 19.1 Å². The molecule has 2 aromatic rings. The number of nitrogens with one attached hydrogen (secondary N) is 2. The van der Waals surface area contributed by atoms with Crippen molar-refractivity contribution in [1.29, 1.82) is 0 Å². The fourth-order valence-electron chi connectivity index (χ4n) is 2.28. The second-order valence-electron chi connectivity index (χ2n) is 5.34. The van der Waals surface area contributed by atoms with Crippen LogP contribution in [-0.2, 0) is 4.79 Å². The van der Waals surface area contributed by atoms with Gasteiger partial charge in [-0.15, -0.1) is 0 Å². The molecular formula is C17H16ClFN2O3. The van der Waals surface area contributed by atoms with E-state index in [2.05, 4.69) is 10.6 Å². The lowest BCUT2D eigenvalue weighted by Gasteiger charge is -2.20. The third-order valence-corrected chi connectivity index (χ3v) is 3.82. The summed E-state index contributed by atoms with van der Waals surface area (Å²) in [6, 6.07) is 8.65. The number of amides is 1. The van der Waals surface area contributed by atoms with Gasteiger partial charge in [0.25, 0.3) is 0 Å². The number of fused-ring (bicyclic) bond motifs is 1. The first kappa shape index (κ1) is 16.4. The highest BCUT2D eigenvalue weighted by atomic mass is 35.5. The van der Waals surface area contributed by atoms with Crippen molar-refractivity contribution < 1.29 is 18.7 Å². The molecule has 0 saturated heterocycles. The van der Waals surface area contributed by atoms with Crippen molar-refractivity contribution >= 4 is 28.9 Å². The fourth-order valence-corrected chi connectivity index (χ4v) is 2.49. The quantitative estimate of drug-likeness (QED) is 0.883. The van der Waals surface area contributed by atoms with Crippen LogP contribution in [0.5, 0.6) is 11.5 Å². The summed E-state index contributed by atoms with van der Waals surface area (Å²) in [7, 11) is 0. The van der Waals surface area contributed by atoms with Gasteiger partial charge in [-0.05, 0) is 37.3 Å². The van der Waals surface area contributed by atoms with Gasteiger partial charge in [-0.3, -0.25) is 4.79 Å². The summed E-state index contributed by atoms with van der Waals surface area (Å²) in [5.74, 6) is 0.571. The predicted octanol–water partition coefficient (Wildman–Crippen LogP) is 3.69. The molecule has 0 unspecified atom stereocenters. The van der Waals surface area contributed by atoms with Crippen molar-refractivity contribution in [2.45, 2.75) is 13.0 Å². The van der Waals surface area contributed by atoms with Crippen LogP contribution in [0.3, 0.4) is 0 Å². The molecule has 7 heteroatoms. The van der Waals surface area contributed by atoms with Gasteiger partial charge in [-0.2, -0.15) is 0 Å². The van der Waals surface area contributed by atoms with E-state index >= 15 is 0 Å². The number of anilines is 2. The zero-order valence-corrected chi connectivity index (χ0v) is 13.7.